The van der Waals surface area contributed by atoms with Crippen LogP contribution in [0.2, 0.25) is 0 Å². The number of rotatable bonds is 14. The molecule has 0 aliphatic rings. The minimum absolute atomic E-state index is 0.0278. The first kappa shape index (κ1) is 41.1. The number of sulfonamides is 1. The molecule has 3 aromatic carbocycles. The van der Waals surface area contributed by atoms with Gasteiger partial charge in [0.15, 0.2) is 0 Å². The number of carbonyl (C=O) groups excluding carboxylic acids is 1. The molecule has 0 saturated carbocycles. The molecular weight excluding hydrogens is 726 g/mol. The smallest absolute Gasteiger partial charge is 0.416 e. The number of amidine groups is 1. The van der Waals surface area contributed by atoms with E-state index in [4.69, 9.17) is 15.1 Å². The van der Waals surface area contributed by atoms with Gasteiger partial charge in [-0.25, -0.2) is 18.2 Å². The number of fused-ring (bicyclic) bond motifs is 1. The van der Waals surface area contributed by atoms with E-state index in [-0.39, 0.29) is 55.3 Å². The van der Waals surface area contributed by atoms with E-state index in [9.17, 15) is 39.6 Å². The number of ether oxygens (including phenoxy) is 1. The Morgan fingerprint density at radius 1 is 0.906 bits per heavy atom. The number of nitrogens with zero attached hydrogens (tertiary/aromatic N) is 4. The molecular formula is C36H42F6N6O4S. The molecule has 0 spiro atoms. The fourth-order valence-corrected chi connectivity index (χ4v) is 7.05. The number of hydrogen-bond donors (Lipinski definition) is 2. The Hall–Kier alpha value is -4.64. The molecule has 0 aliphatic carbocycles. The highest BCUT2D eigenvalue weighted by atomic mass is 32.2. The van der Waals surface area contributed by atoms with E-state index in [0.29, 0.717) is 48.4 Å². The third-order valence-corrected chi connectivity index (χ3v) is 10.4. The first-order valence-electron chi connectivity index (χ1n) is 16.9. The first-order valence-corrected chi connectivity index (χ1v) is 18.3. The number of imidazole rings is 1. The summed E-state index contributed by atoms with van der Waals surface area (Å²) in [6.07, 6.45) is -10.2. The summed E-state index contributed by atoms with van der Waals surface area (Å²) in [5.74, 6) is 0.671. The third-order valence-electron chi connectivity index (χ3n) is 8.56. The van der Waals surface area contributed by atoms with Crippen LogP contribution in [0.4, 0.5) is 36.8 Å². The number of amides is 1. The number of alkyl halides is 6. The van der Waals surface area contributed by atoms with Gasteiger partial charge in [0, 0.05) is 32.1 Å². The summed E-state index contributed by atoms with van der Waals surface area (Å²) in [4.78, 5) is 17.4. The van der Waals surface area contributed by atoms with Gasteiger partial charge < -0.3 is 14.2 Å². The summed E-state index contributed by atoms with van der Waals surface area (Å²) in [5, 5.41) is 10.5. The van der Waals surface area contributed by atoms with Crippen LogP contribution in [0.3, 0.4) is 0 Å². The number of aryl methyl sites for hydroxylation is 3. The molecule has 4 aromatic rings. The van der Waals surface area contributed by atoms with Crippen LogP contribution in [0.1, 0.15) is 55.8 Å². The molecule has 0 aliphatic heterocycles. The summed E-state index contributed by atoms with van der Waals surface area (Å²) in [6.45, 7) is 8.66. The van der Waals surface area contributed by atoms with Crippen LogP contribution in [0.25, 0.3) is 11.0 Å². The largest absolute Gasteiger partial charge is 0.449 e. The van der Waals surface area contributed by atoms with Crippen molar-refractivity contribution in [2.24, 2.45) is 13.0 Å². The maximum atomic E-state index is 14.0. The van der Waals surface area contributed by atoms with Crippen molar-refractivity contribution in [2.75, 3.05) is 37.1 Å². The minimum Gasteiger partial charge on any atom is -0.449 e. The number of aromatic nitrogens is 2. The summed E-state index contributed by atoms with van der Waals surface area (Å²) >= 11 is 0. The summed E-state index contributed by atoms with van der Waals surface area (Å²) < 4.78 is 118. The number of hydrogen-bond acceptors (Lipinski definition) is 7. The van der Waals surface area contributed by atoms with Crippen molar-refractivity contribution in [3.63, 3.8) is 0 Å². The summed E-state index contributed by atoms with van der Waals surface area (Å²) in [7, 11) is -3.17. The first-order chi connectivity index (χ1) is 24.7. The second-order valence-electron chi connectivity index (χ2n) is 12.8. The number of nitrogens with one attached hydrogen (secondary N) is 2. The number of alkyl carbamates (subject to hydrolysis) is 1. The lowest BCUT2D eigenvalue weighted by Crippen LogP contribution is -2.39. The molecule has 1 aromatic heterocycles. The van der Waals surface area contributed by atoms with Crippen LogP contribution < -0.4 is 9.62 Å². The van der Waals surface area contributed by atoms with Crippen molar-refractivity contribution in [3.05, 3.63) is 88.7 Å². The zero-order valence-corrected chi connectivity index (χ0v) is 30.7. The monoisotopic (exact) mass is 768 g/mol. The summed E-state index contributed by atoms with van der Waals surface area (Å²) in [5.41, 5.74) is -1.04. The zero-order valence-electron chi connectivity index (χ0n) is 29.9. The molecule has 17 heteroatoms. The van der Waals surface area contributed by atoms with Crippen LogP contribution in [-0.4, -0.2) is 67.6 Å². The second kappa shape index (κ2) is 16.6. The molecule has 1 heterocycles. The molecule has 0 fully saturated rings. The zero-order chi connectivity index (χ0) is 39.3. The van der Waals surface area contributed by atoms with Crippen LogP contribution in [0.5, 0.6) is 0 Å². The van der Waals surface area contributed by atoms with Gasteiger partial charge in [0.1, 0.15) is 11.7 Å². The molecule has 0 bridgehead atoms. The van der Waals surface area contributed by atoms with E-state index in [0.717, 1.165) is 9.87 Å². The number of anilines is 1. The van der Waals surface area contributed by atoms with E-state index < -0.39 is 44.5 Å². The highest BCUT2D eigenvalue weighted by Crippen LogP contribution is 2.38. The van der Waals surface area contributed by atoms with E-state index in [1.54, 1.807) is 25.2 Å². The van der Waals surface area contributed by atoms with Gasteiger partial charge in [-0.2, -0.15) is 26.3 Å². The van der Waals surface area contributed by atoms with Crippen molar-refractivity contribution in [3.8, 4) is 0 Å². The lowest BCUT2D eigenvalue weighted by molar-refractivity contribution is -0.143. The SMILES string of the molecule is CCN(CC)CCN(c1ccc2c(c1)nc(CCc1ccc(C(=N)NC(=O)OCC(C)C)cc1)n2C)S(=O)(=O)c1cc(C(F)(F)F)cc(C(F)(F)F)c1. The Labute approximate surface area is 304 Å². The van der Waals surface area contributed by atoms with Gasteiger partial charge in [0.25, 0.3) is 10.0 Å². The van der Waals surface area contributed by atoms with Gasteiger partial charge in [-0.1, -0.05) is 52.0 Å². The quantitative estimate of drug-likeness (QED) is 0.0774. The van der Waals surface area contributed by atoms with E-state index in [1.165, 1.54) is 12.1 Å². The average molecular weight is 769 g/mol. The maximum absolute atomic E-state index is 14.0. The second-order valence-corrected chi connectivity index (χ2v) is 14.7. The molecule has 4 rings (SSSR count). The number of carbonyl (C=O) groups is 1. The third kappa shape index (κ3) is 10.3. The highest BCUT2D eigenvalue weighted by molar-refractivity contribution is 7.92. The predicted octanol–water partition coefficient (Wildman–Crippen LogP) is 7.64. The molecule has 0 saturated heterocycles. The van der Waals surface area contributed by atoms with Gasteiger partial charge >= 0.3 is 18.4 Å². The van der Waals surface area contributed by atoms with Crippen molar-refractivity contribution >= 4 is 38.7 Å². The number of halogens is 6. The van der Waals surface area contributed by atoms with Crippen LogP contribution >= 0.6 is 0 Å². The van der Waals surface area contributed by atoms with Gasteiger partial charge in [0.2, 0.25) is 0 Å². The lowest BCUT2D eigenvalue weighted by Gasteiger charge is -2.28. The molecule has 0 radical (unpaired) electrons. The van der Waals surface area contributed by atoms with Gasteiger partial charge in [-0.3, -0.25) is 15.0 Å². The van der Waals surface area contributed by atoms with Crippen molar-refractivity contribution < 1.29 is 44.3 Å². The average Bonchev–Trinajstić information content (AvgIpc) is 3.41. The Morgan fingerprint density at radius 3 is 2.06 bits per heavy atom. The van der Waals surface area contributed by atoms with E-state index >= 15 is 0 Å². The highest BCUT2D eigenvalue weighted by Gasteiger charge is 2.39. The Kier molecular flexibility index (Phi) is 12.9. The molecule has 1 amide bonds. The van der Waals surface area contributed by atoms with Crippen molar-refractivity contribution in [2.45, 2.75) is 57.8 Å². The summed E-state index contributed by atoms with van der Waals surface area (Å²) in [6, 6.07) is 11.8. The fourth-order valence-electron chi connectivity index (χ4n) is 5.53. The minimum atomic E-state index is -5.23. The molecule has 0 unspecified atom stereocenters. The Morgan fingerprint density at radius 2 is 1.51 bits per heavy atom. The molecule has 2 N–H and O–H groups in total. The standard InChI is InChI=1S/C36H42F6N6O4S/c1-6-47(7-2)16-17-48(53(50,51)29-19-26(35(37,38)39)18-27(20-29)36(40,41)42)28-13-14-31-30(21-28)44-32(46(31)5)15-10-24-8-11-25(12-9-24)33(43)45-34(49)52-22-23(3)4/h8-9,11-14,18-21,23H,6-7,10,15-17,22H2,1-5H3,(H2,43,45,49). The van der Waals surface area contributed by atoms with Crippen LogP contribution in [0.15, 0.2) is 65.6 Å². The van der Waals surface area contributed by atoms with Gasteiger partial charge in [-0.15, -0.1) is 0 Å². The van der Waals surface area contributed by atoms with Crippen molar-refractivity contribution in [1.82, 2.24) is 19.8 Å². The van der Waals surface area contributed by atoms with Gasteiger partial charge in [0.05, 0.1) is 39.4 Å². The Bertz CT molecular complexity index is 1990. The molecule has 10 nitrogen and oxygen atoms in total. The van der Waals surface area contributed by atoms with E-state index in [2.05, 4.69) is 5.32 Å². The Balaban J connectivity index is 1.62. The maximum Gasteiger partial charge on any atom is 0.416 e. The van der Waals surface area contributed by atoms with Crippen LogP contribution in [0, 0.1) is 11.3 Å². The number of benzene rings is 3. The normalized spacial score (nSPS) is 12.5. The van der Waals surface area contributed by atoms with Crippen LogP contribution in [-0.2, 0) is 47.0 Å². The number of likely N-dealkylation sites (N-methyl/N-ethyl adjacent to an activating group) is 1. The topological polar surface area (TPSA) is 121 Å². The fraction of sp³-hybridized carbons (Fsp3) is 0.417. The van der Waals surface area contributed by atoms with Crippen molar-refractivity contribution in [1.29, 1.82) is 5.41 Å². The lowest BCUT2D eigenvalue weighted by atomic mass is 10.1. The molecule has 288 valence electrons. The molecule has 0 atom stereocenters. The molecule has 53 heavy (non-hydrogen) atoms. The van der Waals surface area contributed by atoms with Gasteiger partial charge in [-0.05, 0) is 67.4 Å². The van der Waals surface area contributed by atoms with E-state index in [1.807, 2.05) is 49.3 Å². The predicted molar refractivity (Wildman–Crippen MR) is 189 cm³/mol.